The Hall–Kier alpha value is -2.11. The second-order valence-corrected chi connectivity index (χ2v) is 3.30. The van der Waals surface area contributed by atoms with Crippen molar-refractivity contribution in [3.8, 4) is 0 Å². The average molecular weight is 254 g/mol. The molecule has 18 heavy (non-hydrogen) atoms. The standard InChI is InChI=1S/C12H15FN2O3/c1-3-17-11(14)8-5-6-10(9(13)7-8)15-12(16)18-4-2/h5-7,14H,3-4H2,1-2H3,(H,15,16). The van der Waals surface area contributed by atoms with Gasteiger partial charge in [-0.05, 0) is 32.0 Å². The van der Waals surface area contributed by atoms with Crippen molar-refractivity contribution in [1.82, 2.24) is 0 Å². The van der Waals surface area contributed by atoms with Crippen molar-refractivity contribution >= 4 is 17.7 Å². The minimum Gasteiger partial charge on any atom is -0.478 e. The smallest absolute Gasteiger partial charge is 0.411 e. The number of benzene rings is 1. The zero-order valence-electron chi connectivity index (χ0n) is 10.2. The van der Waals surface area contributed by atoms with Gasteiger partial charge in [-0.3, -0.25) is 10.7 Å². The molecule has 1 aromatic carbocycles. The van der Waals surface area contributed by atoms with Gasteiger partial charge in [0.1, 0.15) is 5.82 Å². The van der Waals surface area contributed by atoms with Gasteiger partial charge in [0.2, 0.25) is 5.90 Å². The van der Waals surface area contributed by atoms with Crippen molar-refractivity contribution in [1.29, 1.82) is 5.41 Å². The fourth-order valence-electron chi connectivity index (χ4n) is 1.26. The molecule has 0 atom stereocenters. The quantitative estimate of drug-likeness (QED) is 0.641. The highest BCUT2D eigenvalue weighted by Crippen LogP contribution is 2.16. The number of anilines is 1. The number of carbonyl (C=O) groups is 1. The minimum atomic E-state index is -0.718. The van der Waals surface area contributed by atoms with Crippen LogP contribution < -0.4 is 5.32 Å². The van der Waals surface area contributed by atoms with Crippen LogP contribution in [0, 0.1) is 11.2 Å². The van der Waals surface area contributed by atoms with E-state index in [-0.39, 0.29) is 18.2 Å². The van der Waals surface area contributed by atoms with E-state index in [1.807, 2.05) is 0 Å². The Kier molecular flexibility index (Phi) is 5.10. The van der Waals surface area contributed by atoms with Gasteiger partial charge in [-0.1, -0.05) is 0 Å². The molecule has 0 unspecified atom stereocenters. The van der Waals surface area contributed by atoms with Crippen LogP contribution in [0.3, 0.4) is 0 Å². The molecule has 0 spiro atoms. The van der Waals surface area contributed by atoms with E-state index in [0.717, 1.165) is 6.07 Å². The number of halogens is 1. The first-order chi connectivity index (χ1) is 8.58. The first-order valence-corrected chi connectivity index (χ1v) is 5.53. The van der Waals surface area contributed by atoms with Gasteiger partial charge in [-0.25, -0.2) is 9.18 Å². The molecule has 1 rings (SSSR count). The lowest BCUT2D eigenvalue weighted by atomic mass is 10.2. The van der Waals surface area contributed by atoms with E-state index in [4.69, 9.17) is 10.1 Å². The Morgan fingerprint density at radius 3 is 2.56 bits per heavy atom. The van der Waals surface area contributed by atoms with Gasteiger partial charge >= 0.3 is 6.09 Å². The molecule has 5 nitrogen and oxygen atoms in total. The van der Waals surface area contributed by atoms with Crippen molar-refractivity contribution in [2.24, 2.45) is 0 Å². The van der Waals surface area contributed by atoms with Gasteiger partial charge in [0.25, 0.3) is 0 Å². The van der Waals surface area contributed by atoms with Crippen molar-refractivity contribution in [3.05, 3.63) is 29.6 Å². The number of hydrogen-bond donors (Lipinski definition) is 2. The molecule has 6 heteroatoms. The lowest BCUT2D eigenvalue weighted by molar-refractivity contribution is 0.168. The number of carbonyl (C=O) groups excluding carboxylic acids is 1. The molecule has 2 N–H and O–H groups in total. The number of ether oxygens (including phenoxy) is 2. The third-order valence-electron chi connectivity index (χ3n) is 2.03. The van der Waals surface area contributed by atoms with Crippen molar-refractivity contribution in [2.75, 3.05) is 18.5 Å². The van der Waals surface area contributed by atoms with Gasteiger partial charge in [0.05, 0.1) is 18.9 Å². The molecule has 0 radical (unpaired) electrons. The largest absolute Gasteiger partial charge is 0.478 e. The van der Waals surface area contributed by atoms with Crippen molar-refractivity contribution in [2.45, 2.75) is 13.8 Å². The van der Waals surface area contributed by atoms with Crippen molar-refractivity contribution < 1.29 is 18.7 Å². The summed E-state index contributed by atoms with van der Waals surface area (Å²) in [4.78, 5) is 11.1. The zero-order valence-corrected chi connectivity index (χ0v) is 10.2. The summed E-state index contributed by atoms with van der Waals surface area (Å²) in [6.07, 6.45) is -0.718. The summed E-state index contributed by atoms with van der Waals surface area (Å²) in [5, 5.41) is 9.77. The Morgan fingerprint density at radius 2 is 2.00 bits per heavy atom. The second kappa shape index (κ2) is 6.58. The summed E-state index contributed by atoms with van der Waals surface area (Å²) >= 11 is 0. The Bertz CT molecular complexity index is 449. The Labute approximate surface area is 104 Å². The second-order valence-electron chi connectivity index (χ2n) is 3.30. The lowest BCUT2D eigenvalue weighted by Gasteiger charge is -2.09. The Morgan fingerprint density at radius 1 is 1.33 bits per heavy atom. The van der Waals surface area contributed by atoms with E-state index in [1.54, 1.807) is 13.8 Å². The predicted molar refractivity (Wildman–Crippen MR) is 65.5 cm³/mol. The van der Waals surface area contributed by atoms with Gasteiger partial charge in [-0.2, -0.15) is 0 Å². The minimum absolute atomic E-state index is 0.00139. The van der Waals surface area contributed by atoms with Crippen LogP contribution in [0.4, 0.5) is 14.9 Å². The zero-order chi connectivity index (χ0) is 13.5. The Balaban J connectivity index is 2.79. The molecular weight excluding hydrogens is 239 g/mol. The van der Waals surface area contributed by atoms with Gasteiger partial charge in [-0.15, -0.1) is 0 Å². The van der Waals surface area contributed by atoms with E-state index in [1.165, 1.54) is 12.1 Å². The third kappa shape index (κ3) is 3.73. The first kappa shape index (κ1) is 14.0. The molecule has 1 amide bonds. The van der Waals surface area contributed by atoms with Crippen LogP contribution >= 0.6 is 0 Å². The molecule has 0 aliphatic carbocycles. The molecular formula is C12H15FN2O3. The topological polar surface area (TPSA) is 71.4 Å². The highest BCUT2D eigenvalue weighted by molar-refractivity contribution is 5.93. The van der Waals surface area contributed by atoms with Crippen LogP contribution in [0.5, 0.6) is 0 Å². The van der Waals surface area contributed by atoms with Crippen LogP contribution in [0.2, 0.25) is 0 Å². The van der Waals surface area contributed by atoms with Crippen LogP contribution in [0.15, 0.2) is 18.2 Å². The summed E-state index contributed by atoms with van der Waals surface area (Å²) < 4.78 is 23.2. The van der Waals surface area contributed by atoms with Crippen LogP contribution in [-0.2, 0) is 9.47 Å². The molecule has 0 heterocycles. The molecule has 0 aliphatic rings. The van der Waals surface area contributed by atoms with Crippen LogP contribution in [-0.4, -0.2) is 25.2 Å². The van der Waals surface area contributed by atoms with E-state index in [0.29, 0.717) is 12.2 Å². The van der Waals surface area contributed by atoms with E-state index >= 15 is 0 Å². The molecule has 0 aliphatic heterocycles. The average Bonchev–Trinajstić information content (AvgIpc) is 2.32. The summed E-state index contributed by atoms with van der Waals surface area (Å²) in [5.41, 5.74) is 0.310. The molecule has 0 saturated carbocycles. The SMILES string of the molecule is CCOC(=N)c1ccc(NC(=O)OCC)c(F)c1. The van der Waals surface area contributed by atoms with Gasteiger partial charge in [0, 0.05) is 5.56 Å². The molecule has 1 aromatic rings. The highest BCUT2D eigenvalue weighted by atomic mass is 19.1. The number of rotatable bonds is 4. The molecule has 98 valence electrons. The number of amides is 1. The molecule has 0 fully saturated rings. The summed E-state index contributed by atoms with van der Waals surface area (Å²) in [7, 11) is 0. The van der Waals surface area contributed by atoms with Gasteiger partial charge < -0.3 is 9.47 Å². The summed E-state index contributed by atoms with van der Waals surface area (Å²) in [6.45, 7) is 3.94. The lowest BCUT2D eigenvalue weighted by Crippen LogP contribution is -2.14. The highest BCUT2D eigenvalue weighted by Gasteiger charge is 2.10. The van der Waals surface area contributed by atoms with E-state index in [9.17, 15) is 9.18 Å². The fourth-order valence-corrected chi connectivity index (χ4v) is 1.26. The first-order valence-electron chi connectivity index (χ1n) is 5.53. The normalized spacial score (nSPS) is 9.72. The number of hydrogen-bond acceptors (Lipinski definition) is 4. The molecule has 0 aromatic heterocycles. The summed E-state index contributed by atoms with van der Waals surface area (Å²) in [5.74, 6) is -0.760. The van der Waals surface area contributed by atoms with Crippen LogP contribution in [0.1, 0.15) is 19.4 Å². The predicted octanol–water partition coefficient (Wildman–Crippen LogP) is 2.76. The van der Waals surface area contributed by atoms with E-state index in [2.05, 4.69) is 10.1 Å². The fraction of sp³-hybridized carbons (Fsp3) is 0.333. The van der Waals surface area contributed by atoms with Crippen LogP contribution in [0.25, 0.3) is 0 Å². The molecule has 0 saturated heterocycles. The maximum atomic E-state index is 13.6. The monoisotopic (exact) mass is 254 g/mol. The maximum absolute atomic E-state index is 13.6. The number of nitrogens with one attached hydrogen (secondary N) is 2. The summed E-state index contributed by atoms with van der Waals surface area (Å²) in [6, 6.07) is 3.97. The molecule has 0 bridgehead atoms. The third-order valence-corrected chi connectivity index (χ3v) is 2.03. The van der Waals surface area contributed by atoms with Gasteiger partial charge in [0.15, 0.2) is 0 Å². The van der Waals surface area contributed by atoms with Crippen molar-refractivity contribution in [3.63, 3.8) is 0 Å². The van der Waals surface area contributed by atoms with E-state index < -0.39 is 11.9 Å². The maximum Gasteiger partial charge on any atom is 0.411 e.